The average Bonchev–Trinajstić information content (AvgIpc) is 3.00. The highest BCUT2D eigenvalue weighted by Gasteiger charge is 2.14. The van der Waals surface area contributed by atoms with Gasteiger partial charge in [-0.25, -0.2) is 4.98 Å². The number of imidazole rings is 1. The highest BCUT2D eigenvalue weighted by atomic mass is 15.1. The predicted octanol–water partition coefficient (Wildman–Crippen LogP) is 3.40. The van der Waals surface area contributed by atoms with E-state index in [9.17, 15) is 0 Å². The number of anilines is 1. The number of hydrogen-bond acceptors (Lipinski definition) is 2. The van der Waals surface area contributed by atoms with Crippen molar-refractivity contribution in [3.05, 3.63) is 53.3 Å². The van der Waals surface area contributed by atoms with Crippen molar-refractivity contribution in [2.75, 3.05) is 5.73 Å². The predicted molar refractivity (Wildman–Crippen MR) is 82.2 cm³/mol. The van der Waals surface area contributed by atoms with Crippen LogP contribution in [0, 0.1) is 6.92 Å². The molecule has 100 valence electrons. The summed E-state index contributed by atoms with van der Waals surface area (Å²) in [6.07, 6.45) is 3.69. The van der Waals surface area contributed by atoms with E-state index in [0.29, 0.717) is 0 Å². The van der Waals surface area contributed by atoms with Gasteiger partial charge in [0.25, 0.3) is 0 Å². The normalized spacial score (nSPS) is 13.8. The minimum Gasteiger partial charge on any atom is -0.399 e. The average molecular weight is 263 g/mol. The van der Waals surface area contributed by atoms with Gasteiger partial charge in [0.05, 0.1) is 11.0 Å². The summed E-state index contributed by atoms with van der Waals surface area (Å²) < 4.78 is 2.22. The monoisotopic (exact) mass is 263 g/mol. The molecule has 4 rings (SSSR count). The van der Waals surface area contributed by atoms with Gasteiger partial charge < -0.3 is 5.73 Å². The number of nitrogens with zero attached hydrogens (tertiary/aromatic N) is 2. The van der Waals surface area contributed by atoms with Gasteiger partial charge >= 0.3 is 0 Å². The maximum atomic E-state index is 5.85. The van der Waals surface area contributed by atoms with Gasteiger partial charge in [0.15, 0.2) is 0 Å². The third kappa shape index (κ3) is 1.63. The molecule has 1 aromatic heterocycles. The second kappa shape index (κ2) is 4.10. The first-order chi connectivity index (χ1) is 9.72. The van der Waals surface area contributed by atoms with Crippen LogP contribution in [0.5, 0.6) is 0 Å². The van der Waals surface area contributed by atoms with Gasteiger partial charge in [-0.05, 0) is 67.6 Å². The Bertz CT molecular complexity index is 814. The summed E-state index contributed by atoms with van der Waals surface area (Å²) in [6.45, 7) is 2.05. The minimum atomic E-state index is 0.760. The molecule has 0 unspecified atom stereocenters. The van der Waals surface area contributed by atoms with Crippen LogP contribution in [0.3, 0.4) is 0 Å². The first-order valence-electron chi connectivity index (χ1n) is 7.09. The lowest BCUT2D eigenvalue weighted by atomic mass is 10.1. The first-order valence-corrected chi connectivity index (χ1v) is 7.09. The quantitative estimate of drug-likeness (QED) is 0.684. The van der Waals surface area contributed by atoms with Crippen molar-refractivity contribution < 1.29 is 0 Å². The summed E-state index contributed by atoms with van der Waals surface area (Å²) in [5, 5.41) is 0. The molecule has 2 N–H and O–H groups in total. The van der Waals surface area contributed by atoms with Crippen LogP contribution >= 0.6 is 0 Å². The summed E-state index contributed by atoms with van der Waals surface area (Å²) in [5.41, 5.74) is 12.9. The minimum absolute atomic E-state index is 0.760. The van der Waals surface area contributed by atoms with Crippen LogP contribution in [0.25, 0.3) is 16.7 Å². The standard InChI is InChI=1S/C17H17N3/c1-11-19-16-10-14(18)6-8-17(16)20(11)15-7-5-12-3-2-4-13(12)9-15/h5-10H,2-4,18H2,1H3. The molecule has 1 aliphatic rings. The number of fused-ring (bicyclic) bond motifs is 2. The highest BCUT2D eigenvalue weighted by molar-refractivity contribution is 5.81. The van der Waals surface area contributed by atoms with E-state index in [-0.39, 0.29) is 0 Å². The van der Waals surface area contributed by atoms with E-state index in [1.165, 1.54) is 36.1 Å². The topological polar surface area (TPSA) is 43.8 Å². The number of aromatic nitrogens is 2. The molecular formula is C17H17N3. The molecule has 3 aromatic rings. The van der Waals surface area contributed by atoms with Crippen molar-refractivity contribution in [3.8, 4) is 5.69 Å². The van der Waals surface area contributed by atoms with E-state index < -0.39 is 0 Å². The van der Waals surface area contributed by atoms with Crippen LogP contribution in [0.4, 0.5) is 5.69 Å². The third-order valence-electron chi connectivity index (χ3n) is 4.19. The molecule has 0 aliphatic heterocycles. The van der Waals surface area contributed by atoms with Crippen molar-refractivity contribution in [2.24, 2.45) is 0 Å². The summed E-state index contributed by atoms with van der Waals surface area (Å²) in [5.74, 6) is 1.00. The maximum absolute atomic E-state index is 5.85. The van der Waals surface area contributed by atoms with Crippen molar-refractivity contribution in [2.45, 2.75) is 26.2 Å². The Kier molecular flexibility index (Phi) is 2.36. The number of nitrogen functional groups attached to an aromatic ring is 1. The van der Waals surface area contributed by atoms with Gasteiger partial charge in [0.1, 0.15) is 5.82 Å². The zero-order valence-electron chi connectivity index (χ0n) is 11.6. The summed E-state index contributed by atoms with van der Waals surface area (Å²) >= 11 is 0. The molecule has 20 heavy (non-hydrogen) atoms. The van der Waals surface area contributed by atoms with E-state index in [0.717, 1.165) is 22.5 Å². The molecule has 3 nitrogen and oxygen atoms in total. The van der Waals surface area contributed by atoms with Crippen LogP contribution in [0.1, 0.15) is 23.4 Å². The van der Waals surface area contributed by atoms with Crippen molar-refractivity contribution in [1.29, 1.82) is 0 Å². The molecule has 1 heterocycles. The van der Waals surface area contributed by atoms with Gasteiger partial charge in [-0.15, -0.1) is 0 Å². The number of nitrogens with two attached hydrogens (primary N) is 1. The van der Waals surface area contributed by atoms with E-state index >= 15 is 0 Å². The lowest BCUT2D eigenvalue weighted by Gasteiger charge is -2.09. The summed E-state index contributed by atoms with van der Waals surface area (Å²) in [7, 11) is 0. The van der Waals surface area contributed by atoms with Crippen molar-refractivity contribution >= 4 is 16.7 Å². The Morgan fingerprint density at radius 1 is 1.05 bits per heavy atom. The molecule has 0 atom stereocenters. The van der Waals surface area contributed by atoms with E-state index in [4.69, 9.17) is 5.73 Å². The van der Waals surface area contributed by atoms with Gasteiger partial charge in [0, 0.05) is 11.4 Å². The summed E-state index contributed by atoms with van der Waals surface area (Å²) in [4.78, 5) is 4.63. The molecule has 0 bridgehead atoms. The van der Waals surface area contributed by atoms with Crippen molar-refractivity contribution in [1.82, 2.24) is 9.55 Å². The Hall–Kier alpha value is -2.29. The molecule has 0 fully saturated rings. The van der Waals surface area contributed by atoms with Crippen LogP contribution in [0.15, 0.2) is 36.4 Å². The third-order valence-corrected chi connectivity index (χ3v) is 4.19. The molecule has 0 radical (unpaired) electrons. The van der Waals surface area contributed by atoms with Crippen LogP contribution in [-0.2, 0) is 12.8 Å². The largest absolute Gasteiger partial charge is 0.399 e. The van der Waals surface area contributed by atoms with E-state index in [1.54, 1.807) is 0 Å². The van der Waals surface area contributed by atoms with Gasteiger partial charge in [-0.1, -0.05) is 6.07 Å². The highest BCUT2D eigenvalue weighted by Crippen LogP contribution is 2.28. The molecule has 0 spiro atoms. The molecule has 0 saturated heterocycles. The number of aryl methyl sites for hydroxylation is 3. The Morgan fingerprint density at radius 2 is 1.90 bits per heavy atom. The van der Waals surface area contributed by atoms with E-state index in [2.05, 4.69) is 33.8 Å². The second-order valence-electron chi connectivity index (χ2n) is 5.55. The van der Waals surface area contributed by atoms with Gasteiger partial charge in [-0.3, -0.25) is 4.57 Å². The molecule has 2 aromatic carbocycles. The van der Waals surface area contributed by atoms with Crippen molar-refractivity contribution in [3.63, 3.8) is 0 Å². The Labute approximate surface area is 118 Å². The fourth-order valence-corrected chi connectivity index (χ4v) is 3.24. The van der Waals surface area contributed by atoms with Crippen LogP contribution in [0.2, 0.25) is 0 Å². The fraction of sp³-hybridized carbons (Fsp3) is 0.235. The number of benzene rings is 2. The Balaban J connectivity index is 1.96. The fourth-order valence-electron chi connectivity index (χ4n) is 3.24. The molecule has 3 heteroatoms. The Morgan fingerprint density at radius 3 is 2.80 bits per heavy atom. The second-order valence-corrected chi connectivity index (χ2v) is 5.55. The lowest BCUT2D eigenvalue weighted by molar-refractivity contribution is 0.911. The maximum Gasteiger partial charge on any atom is 0.111 e. The number of hydrogen-bond donors (Lipinski definition) is 1. The zero-order chi connectivity index (χ0) is 13.7. The lowest BCUT2D eigenvalue weighted by Crippen LogP contribution is -1.98. The zero-order valence-corrected chi connectivity index (χ0v) is 11.6. The number of rotatable bonds is 1. The molecular weight excluding hydrogens is 246 g/mol. The molecule has 0 saturated carbocycles. The van der Waals surface area contributed by atoms with Crippen LogP contribution < -0.4 is 5.73 Å². The molecule has 0 amide bonds. The summed E-state index contributed by atoms with van der Waals surface area (Å²) in [6, 6.07) is 12.7. The van der Waals surface area contributed by atoms with Gasteiger partial charge in [0.2, 0.25) is 0 Å². The first kappa shape index (κ1) is 11.5. The smallest absolute Gasteiger partial charge is 0.111 e. The SMILES string of the molecule is Cc1nc2cc(N)ccc2n1-c1ccc2c(c1)CCC2. The molecule has 1 aliphatic carbocycles. The van der Waals surface area contributed by atoms with E-state index in [1.807, 2.05) is 19.1 Å². The van der Waals surface area contributed by atoms with Gasteiger partial charge in [-0.2, -0.15) is 0 Å². The van der Waals surface area contributed by atoms with Crippen LogP contribution in [-0.4, -0.2) is 9.55 Å².